The first-order valence-electron chi connectivity index (χ1n) is 44.9. The van der Waals surface area contributed by atoms with E-state index < -0.39 is 285 Å². The van der Waals surface area contributed by atoms with Crippen molar-refractivity contribution in [3.63, 3.8) is 0 Å². The molecule has 0 aliphatic rings. The zero-order chi connectivity index (χ0) is 107. The molecule has 12 atom stereocenters. The second kappa shape index (κ2) is 68.7. The molecule has 3 unspecified atom stereocenters. The molecule has 0 saturated carbocycles. The summed E-state index contributed by atoms with van der Waals surface area (Å²) in [5.41, 5.74) is 0.842. The molecule has 20 N–H and O–H groups in total. The van der Waals surface area contributed by atoms with Gasteiger partial charge in [0.25, 0.3) is 5.91 Å². The van der Waals surface area contributed by atoms with Gasteiger partial charge in [-0.1, -0.05) is 25.7 Å². The number of ketones is 4. The van der Waals surface area contributed by atoms with Gasteiger partial charge in [0.2, 0.25) is 23.6 Å². The van der Waals surface area contributed by atoms with Crippen LogP contribution in [0.2, 0.25) is 0 Å². The minimum absolute atomic E-state index is 0.0490. The maximum atomic E-state index is 13.0. The lowest BCUT2D eigenvalue weighted by Crippen LogP contribution is -2.44. The van der Waals surface area contributed by atoms with Crippen LogP contribution in [0.15, 0.2) is 72.8 Å². The van der Waals surface area contributed by atoms with Gasteiger partial charge in [0.1, 0.15) is 41.1 Å². The maximum Gasteiger partial charge on any atom is 0.329 e. The van der Waals surface area contributed by atoms with E-state index in [4.69, 9.17) is 34.6 Å². The summed E-state index contributed by atoms with van der Waals surface area (Å²) in [6.45, 7) is -1.24. The van der Waals surface area contributed by atoms with Crippen molar-refractivity contribution in [2.24, 2.45) is 35.5 Å². The number of amides is 5. The zero-order valence-electron chi connectivity index (χ0n) is 77.3. The molecule has 0 fully saturated rings. The third kappa shape index (κ3) is 60.6. The summed E-state index contributed by atoms with van der Waals surface area (Å²) in [4.78, 5) is 275. The molecule has 0 saturated heterocycles. The Bertz CT molecular complexity index is 4870. The quantitative estimate of drug-likeness (QED) is 0.0143. The third-order valence-corrected chi connectivity index (χ3v) is 25.6. The molecule has 5 amide bonds. The van der Waals surface area contributed by atoms with E-state index in [-0.39, 0.29) is 112 Å². The lowest BCUT2D eigenvalue weighted by atomic mass is 9.94. The van der Waals surface area contributed by atoms with Gasteiger partial charge >= 0.3 is 94.4 Å². The molecule has 0 spiro atoms. The first-order chi connectivity index (χ1) is 66.5. The van der Waals surface area contributed by atoms with Crippen LogP contribution in [0.5, 0.6) is 0 Å². The van der Waals surface area contributed by atoms with Gasteiger partial charge in [0.15, 0.2) is 17.6 Å². The summed E-state index contributed by atoms with van der Waals surface area (Å²) in [6, 6.07) is 10.1. The number of benzene rings is 3. The van der Waals surface area contributed by atoms with E-state index in [0.29, 0.717) is 88.4 Å². The van der Waals surface area contributed by atoms with Crippen LogP contribution in [0.4, 0.5) is 13.2 Å². The number of nitrogens with one attached hydrogen (secondary N) is 5. The standard InChI is InChI=1S/C37H54FN2O15P.C30H42FN2O14P.C22H27FNO13P/c38-28-17-13-25(14-18-28)31(42)11-5-1-2-6-12-32(43)39-21-7-3-4-9-29(41)23-26(35(47)48)15-19-33(44)40-30(37(51)52)10-8-22-55-56(53,54)24-27(36(49)50)16-20-34(45)46;31-22-11-7-19(8-12-22)27(38)32-15-3-1-2-5-23(34)17-20(28(39)40)9-13-25(35)33-24(30(43)44)6-4-16-47-48(45,46)18-21(29(41)42)10-14-26(36)37;23-15-5-1-12(2-6-15)17(25)9-13(20(29)30)3-7-18(26)24-16(22(33)34)10-37-38(35,36)11-14(21(31)32)4-8-19(27)28/h13-14,17-18,26-27,30H,1-12,15-16,19-24H2,(H,39,43)(H,40,44)(H,45,46)(H,47,48)(H,49,50)(H,51,52)(H,53,54);7-8,11-12,20-21,24H,1-6,9-10,13-18H2,(H,32,38)(H,33,35)(H,36,37)(H,39,40)(H,41,42)(H,43,44)(H,45,46);1-2,5-6,13-14,16H,3-4,7-11H2,(H,24,26)(H,27,28)(H,29,30)(H,31,32)(H,33,34)(H,35,36)/t26-,27-,30+;20-,21-,24+;13-,14-,16+/m111/s1. The van der Waals surface area contributed by atoms with E-state index in [9.17, 15) is 178 Å². The summed E-state index contributed by atoms with van der Waals surface area (Å²) >= 11 is 0. The van der Waals surface area contributed by atoms with E-state index in [1.165, 1.54) is 60.7 Å². The van der Waals surface area contributed by atoms with Gasteiger partial charge in [0.05, 0.1) is 73.8 Å². The third-order valence-electron chi connectivity index (χ3n) is 21.2. The summed E-state index contributed by atoms with van der Waals surface area (Å²) in [6.07, 6.45) is -2.66. The van der Waals surface area contributed by atoms with Crippen molar-refractivity contribution in [3.8, 4) is 0 Å². The number of halogens is 3. The fourth-order valence-corrected chi connectivity index (χ4v) is 17.4. The molecule has 792 valence electrons. The minimum Gasteiger partial charge on any atom is -0.481 e. The van der Waals surface area contributed by atoms with Gasteiger partial charge in [0, 0.05) is 113 Å². The summed E-state index contributed by atoms with van der Waals surface area (Å²) in [5.74, 6) is -30.9. The van der Waals surface area contributed by atoms with Crippen molar-refractivity contribution in [2.45, 2.75) is 230 Å². The Balaban J connectivity index is 0.00000108. The Kier molecular flexibility index (Phi) is 61.7. The van der Waals surface area contributed by atoms with Crippen molar-refractivity contribution in [1.29, 1.82) is 0 Å². The molecule has 0 radical (unpaired) electrons. The van der Waals surface area contributed by atoms with E-state index >= 15 is 0 Å². The smallest absolute Gasteiger partial charge is 0.329 e. The van der Waals surface area contributed by atoms with E-state index in [0.717, 1.165) is 25.0 Å². The first-order valence-corrected chi connectivity index (χ1v) is 50.2. The number of unbranched alkanes of at least 4 members (excludes halogenated alkanes) is 7. The molecule has 3 aromatic carbocycles. The Morgan fingerprint density at radius 2 is 0.563 bits per heavy atom. The SMILES string of the molecule is O=C(O)CC[C@H](CP(=O)(O)OCCC[C@H](NC(=O)CC[C@H](CC(=O)CCCCCNC(=O)CCCCCCC(=O)c1ccc(F)cc1)C(=O)O)C(=O)O)C(=O)O.O=C(O)CC[C@H](CP(=O)(O)OCCC[C@H](NC(=O)CC[C@H](CC(=O)CCCCCNC(=O)c1ccc(F)cc1)C(=O)O)C(=O)O)C(=O)O.O=C(O)CC[C@H](CP(=O)(O)OC[C@H](NC(=O)CC[C@H](CC(=O)c1ccc(F)cc1)C(=O)O)C(=O)O)C(=O)O. The highest BCUT2D eigenvalue weighted by Crippen LogP contribution is 2.47. The average molecular weight is 2080 g/mol. The maximum absolute atomic E-state index is 13.0. The molecule has 3 rings (SSSR count). The van der Waals surface area contributed by atoms with Gasteiger partial charge in [-0.15, -0.1) is 0 Å². The molecular formula is C89H123F3N5O42P3. The monoisotopic (exact) mass is 2080 g/mol. The number of carbonyl (C=O) groups excluding carboxylic acids is 9. The number of hydrogen-bond acceptors (Lipinski definition) is 27. The average Bonchev–Trinajstić information content (AvgIpc) is 0.868. The van der Waals surface area contributed by atoms with Crippen molar-refractivity contribution in [1.82, 2.24) is 26.6 Å². The number of carboxylic acids is 12. The lowest BCUT2D eigenvalue weighted by Gasteiger charge is -2.20. The van der Waals surface area contributed by atoms with Gasteiger partial charge in [-0.05, 0) is 176 Å². The Morgan fingerprint density at radius 3 is 0.901 bits per heavy atom. The number of hydrogen-bond donors (Lipinski definition) is 20. The predicted octanol–water partition coefficient (Wildman–Crippen LogP) is 8.47. The van der Waals surface area contributed by atoms with Crippen LogP contribution >= 0.6 is 22.8 Å². The van der Waals surface area contributed by atoms with Crippen molar-refractivity contribution in [3.05, 3.63) is 107 Å². The van der Waals surface area contributed by atoms with Crippen LogP contribution in [0, 0.1) is 53.0 Å². The lowest BCUT2D eigenvalue weighted by molar-refractivity contribution is -0.145. The largest absolute Gasteiger partial charge is 0.481 e. The Morgan fingerprint density at radius 1 is 0.275 bits per heavy atom. The van der Waals surface area contributed by atoms with E-state index in [1.54, 1.807) is 0 Å². The molecule has 142 heavy (non-hydrogen) atoms. The number of carboxylic acid groups (broad SMARTS) is 12. The van der Waals surface area contributed by atoms with Crippen molar-refractivity contribution >= 4 is 147 Å². The van der Waals surface area contributed by atoms with Crippen LogP contribution in [-0.2, 0) is 114 Å². The molecule has 0 heterocycles. The Labute approximate surface area is 811 Å². The van der Waals surface area contributed by atoms with Crippen LogP contribution < -0.4 is 26.6 Å². The first kappa shape index (κ1) is 128. The second-order valence-corrected chi connectivity index (χ2v) is 38.6. The van der Waals surface area contributed by atoms with Crippen molar-refractivity contribution < 1.29 is 217 Å². The molecule has 0 bridgehead atoms. The molecule has 0 aliphatic carbocycles. The van der Waals surface area contributed by atoms with Crippen molar-refractivity contribution in [2.75, 3.05) is 51.4 Å². The van der Waals surface area contributed by atoms with Crippen LogP contribution in [0.1, 0.15) is 243 Å². The highest BCUT2D eigenvalue weighted by atomic mass is 31.2. The number of carbonyl (C=O) groups is 21. The van der Waals surface area contributed by atoms with Gasteiger partial charge < -0.3 is 116 Å². The van der Waals surface area contributed by atoms with Crippen LogP contribution in [0.3, 0.4) is 0 Å². The predicted molar refractivity (Wildman–Crippen MR) is 486 cm³/mol. The molecule has 47 nitrogen and oxygen atoms in total. The second-order valence-electron chi connectivity index (χ2n) is 32.9. The van der Waals surface area contributed by atoms with E-state index in [1.807, 2.05) is 5.32 Å². The van der Waals surface area contributed by atoms with Crippen LogP contribution in [-0.4, -0.2) is 270 Å². The van der Waals surface area contributed by atoms with Gasteiger partial charge in [-0.25, -0.2) is 27.6 Å². The fourth-order valence-electron chi connectivity index (χ4n) is 13.2. The summed E-state index contributed by atoms with van der Waals surface area (Å²) < 4.78 is 90.0. The summed E-state index contributed by atoms with van der Waals surface area (Å²) in [7, 11) is -13.6. The van der Waals surface area contributed by atoms with Gasteiger partial charge in [-0.3, -0.25) is 100.0 Å². The number of Topliss-reactive ketones (excluding diaryl/α,β-unsaturated/α-hetero) is 4. The zero-order valence-corrected chi connectivity index (χ0v) is 80.0. The topological polar surface area (TPSA) is 801 Å². The molecule has 3 aromatic rings. The molecule has 0 aromatic heterocycles. The number of aliphatic carboxylic acids is 12. The molecular weight excluding hydrogens is 1960 g/mol. The Hall–Kier alpha value is -12.4. The van der Waals surface area contributed by atoms with Crippen LogP contribution in [0.25, 0.3) is 0 Å². The highest BCUT2D eigenvalue weighted by Gasteiger charge is 2.37. The van der Waals surface area contributed by atoms with Gasteiger partial charge in [-0.2, -0.15) is 0 Å². The fraction of sp³-hybridized carbons (Fsp3) is 0.562. The number of rotatable bonds is 77. The highest BCUT2D eigenvalue weighted by molar-refractivity contribution is 7.53. The molecule has 0 aliphatic heterocycles. The molecule has 53 heteroatoms. The minimum atomic E-state index is -4.72. The van der Waals surface area contributed by atoms with E-state index in [2.05, 4.69) is 25.8 Å². The normalized spacial score (nSPS) is 14.2. The summed E-state index contributed by atoms with van der Waals surface area (Å²) in [5, 5.41) is 122.